The summed E-state index contributed by atoms with van der Waals surface area (Å²) >= 11 is 1.12. The molecule has 0 spiro atoms. The lowest BCUT2D eigenvalue weighted by Gasteiger charge is -2.18. The van der Waals surface area contributed by atoms with Gasteiger partial charge in [-0.15, -0.1) is 0 Å². The number of alkyl carbamates (subject to hydrolysis) is 1. The molecule has 9 heteroatoms. The number of fused-ring (bicyclic) bond motifs is 3. The summed E-state index contributed by atoms with van der Waals surface area (Å²) in [7, 11) is 0. The molecule has 1 aliphatic rings. The van der Waals surface area contributed by atoms with Gasteiger partial charge in [-0.1, -0.05) is 61.2 Å². The van der Waals surface area contributed by atoms with Crippen molar-refractivity contribution in [3.63, 3.8) is 0 Å². The highest BCUT2D eigenvalue weighted by molar-refractivity contribution is 7.99. The summed E-state index contributed by atoms with van der Waals surface area (Å²) in [5.74, 6) is -1.77. The van der Waals surface area contributed by atoms with E-state index < -0.39 is 30.1 Å². The van der Waals surface area contributed by atoms with Crippen LogP contribution in [0.2, 0.25) is 0 Å². The molecule has 0 aromatic heterocycles. The Morgan fingerprint density at radius 1 is 1.06 bits per heavy atom. The van der Waals surface area contributed by atoms with E-state index in [2.05, 4.69) is 11.9 Å². The van der Waals surface area contributed by atoms with Gasteiger partial charge < -0.3 is 25.6 Å². The Kier molecular flexibility index (Phi) is 8.51. The Bertz CT molecular complexity index is 982. The molecule has 0 heterocycles. The minimum atomic E-state index is -1.21. The molecular formula is C24H26N2O6S. The number of nitrogens with two attached hydrogens (primary N) is 1. The number of thioether (sulfide) groups is 1. The maximum Gasteiger partial charge on any atom is 0.407 e. The fourth-order valence-corrected chi connectivity index (χ4v) is 4.57. The molecule has 0 aliphatic heterocycles. The Labute approximate surface area is 196 Å². The van der Waals surface area contributed by atoms with E-state index in [1.54, 1.807) is 0 Å². The van der Waals surface area contributed by atoms with Gasteiger partial charge in [-0.25, -0.2) is 9.59 Å². The molecule has 0 bridgehead atoms. The van der Waals surface area contributed by atoms with Crippen LogP contribution in [0.15, 0.2) is 61.2 Å². The predicted molar refractivity (Wildman–Crippen MR) is 126 cm³/mol. The van der Waals surface area contributed by atoms with Gasteiger partial charge in [0.25, 0.3) is 0 Å². The summed E-state index contributed by atoms with van der Waals surface area (Å²) in [6, 6.07) is 13.8. The highest BCUT2D eigenvalue weighted by Crippen LogP contribution is 2.44. The van der Waals surface area contributed by atoms with Crippen molar-refractivity contribution < 1.29 is 29.0 Å². The number of benzene rings is 2. The predicted octanol–water partition coefficient (Wildman–Crippen LogP) is 2.77. The van der Waals surface area contributed by atoms with Gasteiger partial charge in [0.15, 0.2) is 0 Å². The largest absolute Gasteiger partial charge is 0.480 e. The molecular weight excluding hydrogens is 444 g/mol. The molecule has 2 atom stereocenters. The van der Waals surface area contributed by atoms with Crippen molar-refractivity contribution >= 4 is 29.8 Å². The zero-order valence-corrected chi connectivity index (χ0v) is 18.8. The number of esters is 1. The second kappa shape index (κ2) is 11.5. The number of hydrogen-bond acceptors (Lipinski definition) is 7. The van der Waals surface area contributed by atoms with Crippen LogP contribution in [-0.2, 0) is 19.1 Å². The van der Waals surface area contributed by atoms with Crippen molar-refractivity contribution in [3.05, 3.63) is 72.3 Å². The van der Waals surface area contributed by atoms with Crippen molar-refractivity contribution in [1.29, 1.82) is 0 Å². The fourth-order valence-electron chi connectivity index (χ4n) is 3.59. The maximum absolute atomic E-state index is 12.3. The van der Waals surface area contributed by atoms with Crippen LogP contribution in [0.5, 0.6) is 0 Å². The highest BCUT2D eigenvalue weighted by atomic mass is 32.2. The first kappa shape index (κ1) is 24.3. The summed E-state index contributed by atoms with van der Waals surface area (Å²) in [6.45, 7) is 3.58. The molecule has 4 N–H and O–H groups in total. The standard InChI is InChI=1S/C24H26N2O6S/c1-2-11-31-23(29)20(25)13-33-14-21(22(27)28)26-24(30)32-12-19-17-9-5-3-7-15(17)16-8-4-6-10-18(16)19/h2-10,19-21H,1,11-14,25H2,(H,26,30)(H,27,28)/t20-,21+/m1/s1. The number of nitrogens with one attached hydrogen (secondary N) is 1. The van der Waals surface area contributed by atoms with Crippen LogP contribution in [0.1, 0.15) is 17.0 Å². The van der Waals surface area contributed by atoms with Crippen molar-refractivity contribution in [1.82, 2.24) is 5.32 Å². The number of carbonyl (C=O) groups excluding carboxylic acids is 2. The minimum absolute atomic E-state index is 0.0158. The number of carbonyl (C=O) groups is 3. The number of hydrogen-bond donors (Lipinski definition) is 3. The highest BCUT2D eigenvalue weighted by Gasteiger charge is 2.30. The Morgan fingerprint density at radius 3 is 2.24 bits per heavy atom. The van der Waals surface area contributed by atoms with Gasteiger partial charge >= 0.3 is 18.0 Å². The third-order valence-corrected chi connectivity index (χ3v) is 6.33. The maximum atomic E-state index is 12.3. The van der Waals surface area contributed by atoms with Crippen LogP contribution in [0, 0.1) is 0 Å². The summed E-state index contributed by atoms with van der Waals surface area (Å²) in [4.78, 5) is 35.6. The second-order valence-corrected chi connectivity index (χ2v) is 8.50. The van der Waals surface area contributed by atoms with Gasteiger partial charge in [-0.3, -0.25) is 4.79 Å². The van der Waals surface area contributed by atoms with E-state index in [4.69, 9.17) is 15.2 Å². The van der Waals surface area contributed by atoms with E-state index in [0.717, 1.165) is 34.0 Å². The molecule has 1 aliphatic carbocycles. The van der Waals surface area contributed by atoms with E-state index in [0.29, 0.717) is 0 Å². The van der Waals surface area contributed by atoms with Crippen LogP contribution >= 0.6 is 11.8 Å². The first-order valence-electron chi connectivity index (χ1n) is 10.4. The average Bonchev–Trinajstić information content (AvgIpc) is 3.14. The fraction of sp³-hybridized carbons (Fsp3) is 0.292. The topological polar surface area (TPSA) is 128 Å². The molecule has 0 fully saturated rings. The summed E-state index contributed by atoms with van der Waals surface area (Å²) in [5.41, 5.74) is 10.1. The number of amides is 1. The van der Waals surface area contributed by atoms with Gasteiger partial charge in [0.1, 0.15) is 25.3 Å². The van der Waals surface area contributed by atoms with E-state index in [1.165, 1.54) is 6.08 Å². The number of ether oxygens (including phenoxy) is 2. The van der Waals surface area contributed by atoms with Gasteiger partial charge in [-0.2, -0.15) is 11.8 Å². The second-order valence-electron chi connectivity index (χ2n) is 7.42. The van der Waals surface area contributed by atoms with Crippen LogP contribution < -0.4 is 11.1 Å². The molecule has 0 radical (unpaired) electrons. The molecule has 0 unspecified atom stereocenters. The summed E-state index contributed by atoms with van der Waals surface area (Å²) in [5, 5.41) is 11.8. The molecule has 174 valence electrons. The Hall–Kier alpha value is -3.30. The van der Waals surface area contributed by atoms with Crippen LogP contribution in [0.25, 0.3) is 11.1 Å². The zero-order chi connectivity index (χ0) is 23.8. The number of rotatable bonds is 11. The quantitative estimate of drug-likeness (QED) is 0.338. The van der Waals surface area contributed by atoms with Gasteiger partial charge in [-0.05, 0) is 22.3 Å². The lowest BCUT2D eigenvalue weighted by Crippen LogP contribution is -2.44. The molecule has 1 amide bonds. The van der Waals surface area contributed by atoms with E-state index in [9.17, 15) is 19.5 Å². The van der Waals surface area contributed by atoms with Crippen molar-refractivity contribution in [3.8, 4) is 11.1 Å². The molecule has 2 aromatic rings. The first-order chi connectivity index (χ1) is 15.9. The van der Waals surface area contributed by atoms with Crippen LogP contribution in [0.4, 0.5) is 4.79 Å². The van der Waals surface area contributed by atoms with Gasteiger partial charge in [0.05, 0.1) is 0 Å². The van der Waals surface area contributed by atoms with Crippen molar-refractivity contribution in [2.45, 2.75) is 18.0 Å². The summed E-state index contributed by atoms with van der Waals surface area (Å²) in [6.07, 6.45) is 0.607. The smallest absolute Gasteiger partial charge is 0.407 e. The van der Waals surface area contributed by atoms with Crippen LogP contribution in [0.3, 0.4) is 0 Å². The third-order valence-electron chi connectivity index (χ3n) is 5.16. The number of carboxylic acid groups (broad SMARTS) is 1. The SMILES string of the molecule is C=CCOC(=O)[C@H](N)CSC[C@H](NC(=O)OCC1c2ccccc2-c2ccccc21)C(=O)O. The van der Waals surface area contributed by atoms with Gasteiger partial charge in [0.2, 0.25) is 0 Å². The van der Waals surface area contributed by atoms with Crippen molar-refractivity contribution in [2.75, 3.05) is 24.7 Å². The molecule has 3 rings (SSSR count). The Balaban J connectivity index is 1.52. The number of carboxylic acids is 1. The number of aliphatic carboxylic acids is 1. The summed E-state index contributed by atoms with van der Waals surface area (Å²) < 4.78 is 10.3. The lowest BCUT2D eigenvalue weighted by atomic mass is 9.98. The zero-order valence-electron chi connectivity index (χ0n) is 17.9. The molecule has 2 aromatic carbocycles. The molecule has 33 heavy (non-hydrogen) atoms. The Morgan fingerprint density at radius 2 is 1.67 bits per heavy atom. The normalized spacial score (nSPS) is 13.8. The molecule has 8 nitrogen and oxygen atoms in total. The van der Waals surface area contributed by atoms with Crippen LogP contribution in [-0.4, -0.2) is 59.9 Å². The lowest BCUT2D eigenvalue weighted by molar-refractivity contribution is -0.143. The van der Waals surface area contributed by atoms with Crippen molar-refractivity contribution in [2.24, 2.45) is 5.73 Å². The molecule has 0 saturated heterocycles. The van der Waals surface area contributed by atoms with E-state index in [1.807, 2.05) is 48.5 Å². The third kappa shape index (κ3) is 6.15. The average molecular weight is 471 g/mol. The van der Waals surface area contributed by atoms with E-state index >= 15 is 0 Å². The minimum Gasteiger partial charge on any atom is -0.480 e. The van der Waals surface area contributed by atoms with Gasteiger partial charge in [0, 0.05) is 17.4 Å². The first-order valence-corrected chi connectivity index (χ1v) is 11.5. The molecule has 0 saturated carbocycles. The monoisotopic (exact) mass is 470 g/mol. The van der Waals surface area contributed by atoms with E-state index in [-0.39, 0.29) is 30.6 Å².